The van der Waals surface area contributed by atoms with E-state index in [2.05, 4.69) is 19.9 Å². The molecule has 0 saturated heterocycles. The zero-order valence-corrected chi connectivity index (χ0v) is 14.0. The third-order valence-electron chi connectivity index (χ3n) is 4.53. The first-order valence-electron chi connectivity index (χ1n) is 8.36. The molecule has 0 amide bonds. The minimum atomic E-state index is -0.138. The Morgan fingerprint density at radius 2 is 2.08 bits per heavy atom. The number of aromatic hydroxyl groups is 2. The quantitative estimate of drug-likeness (QED) is 0.623. The van der Waals surface area contributed by atoms with Gasteiger partial charge in [-0.15, -0.1) is 0 Å². The van der Waals surface area contributed by atoms with Crippen LogP contribution in [0.1, 0.15) is 16.8 Å². The fraction of sp³-hybridized carbons (Fsp3) is 0.211. The van der Waals surface area contributed by atoms with Gasteiger partial charge in [-0.05, 0) is 29.8 Å². The van der Waals surface area contributed by atoms with Gasteiger partial charge in [-0.1, -0.05) is 6.07 Å². The summed E-state index contributed by atoms with van der Waals surface area (Å²) < 4.78 is 0. The van der Waals surface area contributed by atoms with Gasteiger partial charge in [0.05, 0.1) is 11.3 Å². The van der Waals surface area contributed by atoms with Crippen molar-refractivity contribution in [2.45, 2.75) is 19.5 Å². The van der Waals surface area contributed by atoms with Crippen molar-refractivity contribution in [1.82, 2.24) is 19.9 Å². The number of nitrogens with one attached hydrogen (secondary N) is 1. The van der Waals surface area contributed by atoms with Crippen LogP contribution in [-0.4, -0.2) is 36.6 Å². The molecule has 0 spiro atoms. The normalized spacial score (nSPS) is 14.2. The van der Waals surface area contributed by atoms with Crippen molar-refractivity contribution < 1.29 is 10.2 Å². The summed E-state index contributed by atoms with van der Waals surface area (Å²) in [7, 11) is 0. The van der Waals surface area contributed by atoms with E-state index >= 15 is 0 Å². The third-order valence-corrected chi connectivity index (χ3v) is 4.53. The van der Waals surface area contributed by atoms with E-state index in [-0.39, 0.29) is 17.1 Å². The molecule has 0 saturated carbocycles. The van der Waals surface area contributed by atoms with Crippen LogP contribution in [0.25, 0.3) is 11.4 Å². The predicted octanol–water partition coefficient (Wildman–Crippen LogP) is 1.80. The second kappa shape index (κ2) is 6.61. The van der Waals surface area contributed by atoms with Crippen molar-refractivity contribution in [3.05, 3.63) is 69.9 Å². The lowest BCUT2D eigenvalue weighted by molar-refractivity contribution is 0.241. The largest absolute Gasteiger partial charge is 0.504 e. The first-order chi connectivity index (χ1) is 12.6. The van der Waals surface area contributed by atoms with Gasteiger partial charge in [-0.2, -0.15) is 0 Å². The number of H-pyrrole nitrogens is 1. The summed E-state index contributed by atoms with van der Waals surface area (Å²) in [6.45, 7) is 1.83. The van der Waals surface area contributed by atoms with Crippen LogP contribution in [0.4, 0.5) is 0 Å². The van der Waals surface area contributed by atoms with Gasteiger partial charge in [0.1, 0.15) is 5.82 Å². The van der Waals surface area contributed by atoms with Crippen molar-refractivity contribution in [2.24, 2.45) is 0 Å². The van der Waals surface area contributed by atoms with Gasteiger partial charge < -0.3 is 15.2 Å². The first kappa shape index (κ1) is 16.3. The molecule has 3 N–H and O–H groups in total. The summed E-state index contributed by atoms with van der Waals surface area (Å²) in [5.41, 5.74) is 3.02. The maximum absolute atomic E-state index is 12.5. The lowest BCUT2D eigenvalue weighted by atomic mass is 10.1. The Balaban J connectivity index is 1.57. The van der Waals surface area contributed by atoms with Gasteiger partial charge in [0.2, 0.25) is 0 Å². The smallest absolute Gasteiger partial charge is 0.255 e. The van der Waals surface area contributed by atoms with E-state index in [0.29, 0.717) is 30.9 Å². The van der Waals surface area contributed by atoms with Gasteiger partial charge >= 0.3 is 0 Å². The molecule has 4 rings (SSSR count). The van der Waals surface area contributed by atoms with Gasteiger partial charge in [0, 0.05) is 44.0 Å². The first-order valence-corrected chi connectivity index (χ1v) is 8.36. The molecule has 7 nitrogen and oxygen atoms in total. The molecule has 1 aromatic carbocycles. The predicted molar refractivity (Wildman–Crippen MR) is 95.7 cm³/mol. The second-order valence-electron chi connectivity index (χ2n) is 6.37. The Morgan fingerprint density at radius 1 is 1.19 bits per heavy atom. The molecule has 0 bridgehead atoms. The zero-order valence-electron chi connectivity index (χ0n) is 14.0. The van der Waals surface area contributed by atoms with E-state index in [0.717, 1.165) is 23.4 Å². The minimum absolute atomic E-state index is 0.132. The number of fused-ring (bicyclic) bond motifs is 1. The average Bonchev–Trinajstić information content (AvgIpc) is 2.66. The Kier molecular flexibility index (Phi) is 4.14. The van der Waals surface area contributed by atoms with Crippen LogP contribution in [0.2, 0.25) is 0 Å². The highest BCUT2D eigenvalue weighted by Crippen LogP contribution is 2.26. The number of benzene rings is 1. The van der Waals surface area contributed by atoms with Crippen LogP contribution in [0.15, 0.2) is 47.5 Å². The van der Waals surface area contributed by atoms with Gasteiger partial charge in [0.25, 0.3) is 5.56 Å². The van der Waals surface area contributed by atoms with E-state index < -0.39 is 0 Å². The van der Waals surface area contributed by atoms with Crippen LogP contribution < -0.4 is 5.56 Å². The van der Waals surface area contributed by atoms with E-state index in [9.17, 15) is 15.0 Å². The third kappa shape index (κ3) is 3.16. The van der Waals surface area contributed by atoms with E-state index in [1.165, 1.54) is 6.07 Å². The monoisotopic (exact) mass is 350 g/mol. The lowest BCUT2D eigenvalue weighted by Crippen LogP contribution is -2.35. The molecule has 3 aromatic rings. The van der Waals surface area contributed by atoms with Crippen molar-refractivity contribution in [3.8, 4) is 22.9 Å². The van der Waals surface area contributed by atoms with Crippen molar-refractivity contribution in [2.75, 3.05) is 6.54 Å². The number of phenols is 2. The molecule has 0 unspecified atom stereocenters. The summed E-state index contributed by atoms with van der Waals surface area (Å²) in [6, 6.07) is 8.45. The molecule has 0 atom stereocenters. The highest BCUT2D eigenvalue weighted by molar-refractivity contribution is 5.53. The maximum atomic E-state index is 12.5. The van der Waals surface area contributed by atoms with Gasteiger partial charge in [-0.25, -0.2) is 4.98 Å². The van der Waals surface area contributed by atoms with Crippen molar-refractivity contribution in [1.29, 1.82) is 0 Å². The van der Waals surface area contributed by atoms with Crippen molar-refractivity contribution >= 4 is 0 Å². The van der Waals surface area contributed by atoms with Crippen LogP contribution in [0.5, 0.6) is 11.5 Å². The standard InChI is InChI=1S/C19H18N4O3/c24-16-4-3-12(8-17(16)25)10-23-7-5-15-14(11-23)19(26)22-18(21-15)13-2-1-6-20-9-13/h1-4,6,8-9,24-25H,5,7,10-11H2,(H,21,22,26). The number of hydrogen-bond acceptors (Lipinski definition) is 6. The Morgan fingerprint density at radius 3 is 2.85 bits per heavy atom. The molecule has 132 valence electrons. The number of aromatic amines is 1. The maximum Gasteiger partial charge on any atom is 0.255 e. The number of hydrogen-bond donors (Lipinski definition) is 3. The number of pyridine rings is 1. The Bertz CT molecular complexity index is 1000. The zero-order chi connectivity index (χ0) is 18.1. The fourth-order valence-corrected chi connectivity index (χ4v) is 3.18. The van der Waals surface area contributed by atoms with Crippen LogP contribution >= 0.6 is 0 Å². The van der Waals surface area contributed by atoms with Crippen molar-refractivity contribution in [3.63, 3.8) is 0 Å². The average molecular weight is 350 g/mol. The summed E-state index contributed by atoms with van der Waals surface area (Å²) >= 11 is 0. The second-order valence-corrected chi connectivity index (χ2v) is 6.37. The molecule has 2 aromatic heterocycles. The summed E-state index contributed by atoms with van der Waals surface area (Å²) in [5, 5.41) is 19.0. The van der Waals surface area contributed by atoms with E-state index in [1.54, 1.807) is 24.5 Å². The topological polar surface area (TPSA) is 102 Å². The molecule has 7 heteroatoms. The molecule has 3 heterocycles. The molecular formula is C19H18N4O3. The Labute approximate surface area is 149 Å². The molecule has 0 aliphatic carbocycles. The highest BCUT2D eigenvalue weighted by Gasteiger charge is 2.21. The number of rotatable bonds is 3. The fourth-order valence-electron chi connectivity index (χ4n) is 3.18. The molecule has 0 radical (unpaired) electrons. The summed E-state index contributed by atoms with van der Waals surface area (Å²) in [6.07, 6.45) is 4.03. The SMILES string of the molecule is O=c1[nH]c(-c2cccnc2)nc2c1CN(Cc1ccc(O)c(O)c1)CC2. The number of phenolic OH excluding ortho intramolecular Hbond substituents is 2. The molecule has 0 fully saturated rings. The van der Waals surface area contributed by atoms with E-state index in [4.69, 9.17) is 0 Å². The molecular weight excluding hydrogens is 332 g/mol. The van der Waals surface area contributed by atoms with Crippen LogP contribution in [0, 0.1) is 0 Å². The highest BCUT2D eigenvalue weighted by atomic mass is 16.3. The summed E-state index contributed by atoms with van der Waals surface area (Å²) in [5.74, 6) is 0.264. The minimum Gasteiger partial charge on any atom is -0.504 e. The number of aromatic nitrogens is 3. The van der Waals surface area contributed by atoms with Gasteiger partial charge in [0.15, 0.2) is 11.5 Å². The van der Waals surface area contributed by atoms with E-state index in [1.807, 2.05) is 12.1 Å². The van der Waals surface area contributed by atoms with Crippen LogP contribution in [-0.2, 0) is 19.5 Å². The molecule has 1 aliphatic heterocycles. The number of nitrogens with zero attached hydrogens (tertiary/aromatic N) is 3. The van der Waals surface area contributed by atoms with Gasteiger partial charge in [-0.3, -0.25) is 14.7 Å². The lowest BCUT2D eigenvalue weighted by Gasteiger charge is -2.27. The Hall–Kier alpha value is -3.19. The molecule has 1 aliphatic rings. The van der Waals surface area contributed by atoms with Crippen LogP contribution in [0.3, 0.4) is 0 Å². The molecule has 26 heavy (non-hydrogen) atoms. The summed E-state index contributed by atoms with van der Waals surface area (Å²) in [4.78, 5) is 26.2.